The van der Waals surface area contributed by atoms with Gasteiger partial charge in [0.1, 0.15) is 5.75 Å². The van der Waals surface area contributed by atoms with Gasteiger partial charge in [0.05, 0.1) is 10.7 Å². The number of Topliss-reactive ketones (excluding diaryl/α,β-unsaturated/α-hetero) is 1. The lowest BCUT2D eigenvalue weighted by atomic mass is 10.1. The summed E-state index contributed by atoms with van der Waals surface area (Å²) < 4.78 is 5.55. The van der Waals surface area contributed by atoms with Crippen LogP contribution in [0, 0.1) is 0 Å². The Kier molecular flexibility index (Phi) is 5.64. The van der Waals surface area contributed by atoms with Gasteiger partial charge in [0, 0.05) is 10.6 Å². The molecule has 0 spiro atoms. The fourth-order valence-corrected chi connectivity index (χ4v) is 2.31. The number of carbonyl (C=O) groups excluding carboxylic acids is 2. The third-order valence-corrected chi connectivity index (χ3v) is 3.68. The number of ketones is 1. The molecule has 2 aromatic rings. The summed E-state index contributed by atoms with van der Waals surface area (Å²) in [6.07, 6.45) is -0.732. The van der Waals surface area contributed by atoms with Crippen LogP contribution in [-0.4, -0.2) is 17.8 Å². The standard InChI is InChI=1S/C17H15Cl2NO3/c1-10(21)12-3-6-14(7-4-12)23-11(2)17(22)20-16-8-5-13(18)9-15(16)19/h3-9,11H,1-2H3,(H,20,22)/t11-/m0/s1. The highest BCUT2D eigenvalue weighted by atomic mass is 35.5. The predicted octanol–water partition coefficient (Wildman–Crippen LogP) is 4.60. The van der Waals surface area contributed by atoms with Gasteiger partial charge in [-0.2, -0.15) is 0 Å². The quantitative estimate of drug-likeness (QED) is 0.800. The number of rotatable bonds is 5. The highest BCUT2D eigenvalue weighted by molar-refractivity contribution is 6.36. The molecule has 0 saturated heterocycles. The lowest BCUT2D eigenvalue weighted by molar-refractivity contribution is -0.122. The van der Waals surface area contributed by atoms with Crippen molar-refractivity contribution in [1.82, 2.24) is 0 Å². The average Bonchev–Trinajstić information content (AvgIpc) is 2.50. The number of carbonyl (C=O) groups is 2. The van der Waals surface area contributed by atoms with Crippen molar-refractivity contribution in [2.24, 2.45) is 0 Å². The Hall–Kier alpha value is -2.04. The summed E-state index contributed by atoms with van der Waals surface area (Å²) in [6, 6.07) is 11.4. The minimum absolute atomic E-state index is 0.0280. The maximum atomic E-state index is 12.1. The molecular formula is C17H15Cl2NO3. The zero-order valence-corrected chi connectivity index (χ0v) is 14.1. The van der Waals surface area contributed by atoms with E-state index in [2.05, 4.69) is 5.32 Å². The van der Waals surface area contributed by atoms with Crippen LogP contribution < -0.4 is 10.1 Å². The van der Waals surface area contributed by atoms with Gasteiger partial charge >= 0.3 is 0 Å². The van der Waals surface area contributed by atoms with E-state index in [1.165, 1.54) is 6.92 Å². The first kappa shape index (κ1) is 17.3. The Morgan fingerprint density at radius 2 is 1.74 bits per heavy atom. The van der Waals surface area contributed by atoms with Crippen LogP contribution in [-0.2, 0) is 4.79 Å². The molecule has 1 atom stereocenters. The molecule has 0 saturated carbocycles. The van der Waals surface area contributed by atoms with E-state index in [9.17, 15) is 9.59 Å². The van der Waals surface area contributed by atoms with Crippen LogP contribution in [0.1, 0.15) is 24.2 Å². The monoisotopic (exact) mass is 351 g/mol. The van der Waals surface area contributed by atoms with Gasteiger partial charge in [0.2, 0.25) is 0 Å². The Labute approximate surface area is 144 Å². The van der Waals surface area contributed by atoms with Crippen molar-refractivity contribution < 1.29 is 14.3 Å². The molecule has 0 bridgehead atoms. The summed E-state index contributed by atoms with van der Waals surface area (Å²) in [5.41, 5.74) is 1.05. The van der Waals surface area contributed by atoms with Gasteiger partial charge in [0.15, 0.2) is 11.9 Å². The summed E-state index contributed by atoms with van der Waals surface area (Å²) in [4.78, 5) is 23.4. The van der Waals surface area contributed by atoms with Gasteiger partial charge in [-0.25, -0.2) is 0 Å². The molecule has 6 heteroatoms. The normalized spacial score (nSPS) is 11.7. The maximum Gasteiger partial charge on any atom is 0.265 e. The summed E-state index contributed by atoms with van der Waals surface area (Å²) in [7, 11) is 0. The third kappa shape index (κ3) is 4.71. The molecule has 0 heterocycles. The highest BCUT2D eigenvalue weighted by Crippen LogP contribution is 2.25. The second kappa shape index (κ2) is 7.49. The minimum Gasteiger partial charge on any atom is -0.481 e. The first-order valence-electron chi connectivity index (χ1n) is 6.90. The molecule has 4 nitrogen and oxygen atoms in total. The van der Waals surface area contributed by atoms with Crippen molar-refractivity contribution in [1.29, 1.82) is 0 Å². The molecule has 0 radical (unpaired) electrons. The first-order chi connectivity index (χ1) is 10.9. The van der Waals surface area contributed by atoms with Gasteiger partial charge in [-0.1, -0.05) is 23.2 Å². The Morgan fingerprint density at radius 3 is 2.30 bits per heavy atom. The SMILES string of the molecule is CC(=O)c1ccc(O[C@@H](C)C(=O)Nc2ccc(Cl)cc2Cl)cc1. The van der Waals surface area contributed by atoms with E-state index >= 15 is 0 Å². The molecule has 0 aromatic heterocycles. The van der Waals surface area contributed by atoms with Crippen molar-refractivity contribution in [3.05, 3.63) is 58.1 Å². The molecule has 1 N–H and O–H groups in total. The van der Waals surface area contributed by atoms with Crippen LogP contribution in [0.3, 0.4) is 0 Å². The van der Waals surface area contributed by atoms with E-state index in [-0.39, 0.29) is 11.7 Å². The molecule has 0 aliphatic heterocycles. The van der Waals surface area contributed by atoms with E-state index in [1.54, 1.807) is 49.4 Å². The van der Waals surface area contributed by atoms with Gasteiger partial charge in [-0.3, -0.25) is 9.59 Å². The smallest absolute Gasteiger partial charge is 0.265 e. The van der Waals surface area contributed by atoms with Gasteiger partial charge in [-0.15, -0.1) is 0 Å². The number of amides is 1. The number of anilines is 1. The molecule has 120 valence electrons. The third-order valence-electron chi connectivity index (χ3n) is 3.13. The van der Waals surface area contributed by atoms with Crippen molar-refractivity contribution in [3.8, 4) is 5.75 Å². The zero-order chi connectivity index (χ0) is 17.0. The molecule has 0 fully saturated rings. The topological polar surface area (TPSA) is 55.4 Å². The van der Waals surface area contributed by atoms with E-state index < -0.39 is 6.10 Å². The Balaban J connectivity index is 2.00. The fraction of sp³-hybridized carbons (Fsp3) is 0.176. The molecule has 1 amide bonds. The van der Waals surface area contributed by atoms with Crippen molar-refractivity contribution >= 4 is 40.6 Å². The summed E-state index contributed by atoms with van der Waals surface area (Å²) in [5, 5.41) is 3.52. The summed E-state index contributed by atoms with van der Waals surface area (Å²) >= 11 is 11.8. The number of nitrogens with one attached hydrogen (secondary N) is 1. The number of hydrogen-bond acceptors (Lipinski definition) is 3. The van der Waals surface area contributed by atoms with Crippen molar-refractivity contribution in [3.63, 3.8) is 0 Å². The fourth-order valence-electron chi connectivity index (χ4n) is 1.85. The van der Waals surface area contributed by atoms with Crippen LogP contribution in [0.4, 0.5) is 5.69 Å². The molecule has 23 heavy (non-hydrogen) atoms. The zero-order valence-electron chi connectivity index (χ0n) is 12.6. The lowest BCUT2D eigenvalue weighted by Gasteiger charge is -2.15. The van der Waals surface area contributed by atoms with E-state index in [0.717, 1.165) is 0 Å². The van der Waals surface area contributed by atoms with Gasteiger partial charge in [-0.05, 0) is 56.3 Å². The van der Waals surface area contributed by atoms with Gasteiger partial charge in [0.25, 0.3) is 5.91 Å². The molecule has 0 unspecified atom stereocenters. The van der Waals surface area contributed by atoms with Crippen LogP contribution in [0.25, 0.3) is 0 Å². The molecule has 2 aromatic carbocycles. The van der Waals surface area contributed by atoms with Crippen LogP contribution >= 0.6 is 23.2 Å². The van der Waals surface area contributed by atoms with Crippen LogP contribution in [0.2, 0.25) is 10.0 Å². The predicted molar refractivity (Wildman–Crippen MR) is 91.6 cm³/mol. The van der Waals surface area contributed by atoms with Crippen LogP contribution in [0.5, 0.6) is 5.75 Å². The van der Waals surface area contributed by atoms with Gasteiger partial charge < -0.3 is 10.1 Å². The van der Waals surface area contributed by atoms with Crippen molar-refractivity contribution in [2.45, 2.75) is 20.0 Å². The number of ether oxygens (including phenoxy) is 1. The van der Waals surface area contributed by atoms with E-state index in [1.807, 2.05) is 0 Å². The number of halogens is 2. The van der Waals surface area contributed by atoms with Crippen LogP contribution in [0.15, 0.2) is 42.5 Å². The largest absolute Gasteiger partial charge is 0.481 e. The summed E-state index contributed by atoms with van der Waals surface area (Å²) in [5.74, 6) is 0.129. The molecule has 0 aliphatic rings. The molecular weight excluding hydrogens is 337 g/mol. The lowest BCUT2D eigenvalue weighted by Crippen LogP contribution is -2.30. The Bertz CT molecular complexity index is 729. The second-order valence-corrected chi connectivity index (χ2v) is 5.80. The highest BCUT2D eigenvalue weighted by Gasteiger charge is 2.16. The second-order valence-electron chi connectivity index (χ2n) is 4.95. The number of benzene rings is 2. The Morgan fingerprint density at radius 1 is 1.09 bits per heavy atom. The van der Waals surface area contributed by atoms with E-state index in [0.29, 0.717) is 27.0 Å². The number of hydrogen-bond donors (Lipinski definition) is 1. The summed E-state index contributed by atoms with van der Waals surface area (Å²) in [6.45, 7) is 3.11. The van der Waals surface area contributed by atoms with Crippen molar-refractivity contribution in [2.75, 3.05) is 5.32 Å². The van der Waals surface area contributed by atoms with E-state index in [4.69, 9.17) is 27.9 Å². The first-order valence-corrected chi connectivity index (χ1v) is 7.66. The molecule has 2 rings (SSSR count). The maximum absolute atomic E-state index is 12.1. The minimum atomic E-state index is -0.732. The average molecular weight is 352 g/mol. The molecule has 0 aliphatic carbocycles.